The van der Waals surface area contributed by atoms with Crippen molar-refractivity contribution in [3.63, 3.8) is 0 Å². The van der Waals surface area contributed by atoms with Crippen molar-refractivity contribution < 1.29 is 4.74 Å². The highest BCUT2D eigenvalue weighted by atomic mass is 16.5. The van der Waals surface area contributed by atoms with E-state index in [4.69, 9.17) is 4.74 Å². The highest BCUT2D eigenvalue weighted by Gasteiger charge is 2.29. The van der Waals surface area contributed by atoms with E-state index in [0.717, 1.165) is 25.7 Å². The molecule has 0 aromatic heterocycles. The summed E-state index contributed by atoms with van der Waals surface area (Å²) < 4.78 is 5.49. The Labute approximate surface area is 112 Å². The van der Waals surface area contributed by atoms with Crippen molar-refractivity contribution in [3.8, 4) is 0 Å². The van der Waals surface area contributed by atoms with Gasteiger partial charge < -0.3 is 19.9 Å². The van der Waals surface area contributed by atoms with Crippen LogP contribution in [0.5, 0.6) is 0 Å². The largest absolute Gasteiger partial charge is 0.381 e. The van der Waals surface area contributed by atoms with Crippen molar-refractivity contribution in [3.05, 3.63) is 0 Å². The quantitative estimate of drug-likeness (QED) is 0.798. The molecule has 2 saturated heterocycles. The minimum absolute atomic E-state index is 0.652. The third-order valence-corrected chi connectivity index (χ3v) is 4.46. The Hall–Kier alpha value is -0.160. The van der Waals surface area contributed by atoms with Crippen LogP contribution in [0.25, 0.3) is 0 Å². The average Bonchev–Trinajstić information content (AvgIpc) is 2.37. The van der Waals surface area contributed by atoms with Crippen molar-refractivity contribution in [2.24, 2.45) is 5.92 Å². The summed E-state index contributed by atoms with van der Waals surface area (Å²) in [5.41, 5.74) is 0. The SMILES string of the molecule is CN1CCNC(CC(C2CCOCC2)N(C)C)C1. The Morgan fingerprint density at radius 2 is 2.06 bits per heavy atom. The van der Waals surface area contributed by atoms with Gasteiger partial charge in [-0.1, -0.05) is 0 Å². The topological polar surface area (TPSA) is 27.7 Å². The molecule has 0 radical (unpaired) electrons. The van der Waals surface area contributed by atoms with E-state index in [1.807, 2.05) is 0 Å². The molecule has 0 aromatic carbocycles. The van der Waals surface area contributed by atoms with Crippen molar-refractivity contribution in [2.75, 3.05) is 54.0 Å². The molecule has 2 aliphatic rings. The molecular weight excluding hydrogens is 226 g/mol. The van der Waals surface area contributed by atoms with E-state index < -0.39 is 0 Å². The molecule has 2 atom stereocenters. The molecule has 1 N–H and O–H groups in total. The second kappa shape index (κ2) is 6.85. The minimum Gasteiger partial charge on any atom is -0.381 e. The summed E-state index contributed by atoms with van der Waals surface area (Å²) in [4.78, 5) is 4.87. The molecule has 0 aliphatic carbocycles. The number of rotatable bonds is 4. The monoisotopic (exact) mass is 255 g/mol. The van der Waals surface area contributed by atoms with Gasteiger partial charge in [0.2, 0.25) is 0 Å². The predicted octanol–water partition coefficient (Wildman–Crippen LogP) is 0.637. The van der Waals surface area contributed by atoms with Gasteiger partial charge in [-0.25, -0.2) is 0 Å². The van der Waals surface area contributed by atoms with Crippen molar-refractivity contribution in [1.29, 1.82) is 0 Å². The summed E-state index contributed by atoms with van der Waals surface area (Å²) in [5, 5.41) is 3.67. The lowest BCUT2D eigenvalue weighted by Gasteiger charge is -2.39. The van der Waals surface area contributed by atoms with E-state index >= 15 is 0 Å². The highest BCUT2D eigenvalue weighted by molar-refractivity contribution is 4.86. The van der Waals surface area contributed by atoms with Gasteiger partial charge >= 0.3 is 0 Å². The van der Waals surface area contributed by atoms with E-state index in [0.29, 0.717) is 12.1 Å². The Kier molecular flexibility index (Phi) is 5.42. The van der Waals surface area contributed by atoms with Crippen LogP contribution in [-0.4, -0.2) is 75.9 Å². The van der Waals surface area contributed by atoms with Crippen molar-refractivity contribution in [2.45, 2.75) is 31.3 Å². The number of hydrogen-bond acceptors (Lipinski definition) is 4. The van der Waals surface area contributed by atoms with Crippen LogP contribution in [-0.2, 0) is 4.74 Å². The van der Waals surface area contributed by atoms with Gasteiger partial charge in [0.15, 0.2) is 0 Å². The number of nitrogens with zero attached hydrogens (tertiary/aromatic N) is 2. The molecule has 4 nitrogen and oxygen atoms in total. The first-order valence-corrected chi connectivity index (χ1v) is 7.33. The summed E-state index contributed by atoms with van der Waals surface area (Å²) in [5.74, 6) is 0.808. The third-order valence-electron chi connectivity index (χ3n) is 4.46. The zero-order valence-electron chi connectivity index (χ0n) is 12.2. The van der Waals surface area contributed by atoms with E-state index in [2.05, 4.69) is 36.3 Å². The van der Waals surface area contributed by atoms with E-state index in [-0.39, 0.29) is 0 Å². The van der Waals surface area contributed by atoms with Gasteiger partial charge in [-0.2, -0.15) is 0 Å². The summed E-state index contributed by atoms with van der Waals surface area (Å²) >= 11 is 0. The van der Waals surface area contributed by atoms with Gasteiger partial charge in [0.1, 0.15) is 0 Å². The number of hydrogen-bond donors (Lipinski definition) is 1. The van der Waals surface area contributed by atoms with E-state index in [9.17, 15) is 0 Å². The van der Waals surface area contributed by atoms with Gasteiger partial charge in [-0.15, -0.1) is 0 Å². The normalized spacial score (nSPS) is 29.7. The number of ether oxygens (including phenoxy) is 1. The van der Waals surface area contributed by atoms with Gasteiger partial charge in [0.05, 0.1) is 0 Å². The Bertz CT molecular complexity index is 241. The summed E-state index contributed by atoms with van der Waals surface area (Å²) in [6.07, 6.45) is 3.72. The minimum atomic E-state index is 0.652. The molecule has 0 aromatic rings. The second-order valence-corrected chi connectivity index (χ2v) is 6.13. The van der Waals surface area contributed by atoms with Crippen LogP contribution < -0.4 is 5.32 Å². The highest BCUT2D eigenvalue weighted by Crippen LogP contribution is 2.25. The molecule has 0 spiro atoms. The molecule has 2 rings (SSSR count). The fourth-order valence-electron chi connectivity index (χ4n) is 3.37. The zero-order chi connectivity index (χ0) is 13.0. The number of likely N-dealkylation sites (N-methyl/N-ethyl adjacent to an activating group) is 1. The van der Waals surface area contributed by atoms with Gasteiger partial charge in [0.25, 0.3) is 0 Å². The van der Waals surface area contributed by atoms with Crippen LogP contribution in [0.3, 0.4) is 0 Å². The molecule has 2 aliphatic heterocycles. The smallest absolute Gasteiger partial charge is 0.0469 e. The lowest BCUT2D eigenvalue weighted by atomic mass is 9.86. The van der Waals surface area contributed by atoms with Crippen LogP contribution in [0.15, 0.2) is 0 Å². The summed E-state index contributed by atoms with van der Waals surface area (Å²) in [6, 6.07) is 1.34. The van der Waals surface area contributed by atoms with E-state index in [1.165, 1.54) is 32.4 Å². The van der Waals surface area contributed by atoms with Gasteiger partial charge in [-0.05, 0) is 46.3 Å². The first kappa shape index (κ1) is 14.3. The molecule has 4 heteroatoms. The second-order valence-electron chi connectivity index (χ2n) is 6.13. The Morgan fingerprint density at radius 3 is 2.67 bits per heavy atom. The molecule has 18 heavy (non-hydrogen) atoms. The molecule has 2 fully saturated rings. The maximum absolute atomic E-state index is 5.49. The standard InChI is InChI=1S/C14H29N3O/c1-16(2)14(12-4-8-18-9-5-12)10-13-11-17(3)7-6-15-13/h12-15H,4-11H2,1-3H3. The first-order valence-electron chi connectivity index (χ1n) is 7.33. The van der Waals surface area contributed by atoms with E-state index in [1.54, 1.807) is 0 Å². The maximum atomic E-state index is 5.49. The molecule has 106 valence electrons. The van der Waals surface area contributed by atoms with Crippen LogP contribution in [0, 0.1) is 5.92 Å². The summed E-state index contributed by atoms with van der Waals surface area (Å²) in [7, 11) is 6.69. The lowest BCUT2D eigenvalue weighted by Crippen LogP contribution is -2.52. The molecule has 2 heterocycles. The molecule has 0 saturated carbocycles. The Balaban J connectivity index is 1.88. The van der Waals surface area contributed by atoms with Crippen LogP contribution in [0.4, 0.5) is 0 Å². The molecule has 0 amide bonds. The fourth-order valence-corrected chi connectivity index (χ4v) is 3.37. The van der Waals surface area contributed by atoms with Gasteiger partial charge in [-0.3, -0.25) is 0 Å². The number of nitrogens with one attached hydrogen (secondary N) is 1. The fraction of sp³-hybridized carbons (Fsp3) is 1.00. The molecule has 2 unspecified atom stereocenters. The van der Waals surface area contributed by atoms with Gasteiger partial charge in [0, 0.05) is 44.9 Å². The van der Waals surface area contributed by atoms with Crippen LogP contribution in [0.1, 0.15) is 19.3 Å². The maximum Gasteiger partial charge on any atom is 0.0469 e. The Morgan fingerprint density at radius 1 is 1.33 bits per heavy atom. The average molecular weight is 255 g/mol. The van der Waals surface area contributed by atoms with Crippen molar-refractivity contribution in [1.82, 2.24) is 15.1 Å². The summed E-state index contributed by atoms with van der Waals surface area (Å²) in [6.45, 7) is 5.41. The zero-order valence-corrected chi connectivity index (χ0v) is 12.2. The number of piperazine rings is 1. The first-order chi connectivity index (χ1) is 8.66. The van der Waals surface area contributed by atoms with Crippen LogP contribution in [0.2, 0.25) is 0 Å². The third kappa shape index (κ3) is 3.92. The molecular formula is C14H29N3O. The predicted molar refractivity (Wildman–Crippen MR) is 74.9 cm³/mol. The van der Waals surface area contributed by atoms with Crippen molar-refractivity contribution >= 4 is 0 Å². The lowest BCUT2D eigenvalue weighted by molar-refractivity contribution is 0.0301. The van der Waals surface area contributed by atoms with Crippen LogP contribution >= 0.6 is 0 Å². The molecule has 0 bridgehead atoms.